The van der Waals surface area contributed by atoms with Gasteiger partial charge in [0.1, 0.15) is 6.04 Å². The number of aryl methyl sites for hydroxylation is 1. The van der Waals surface area contributed by atoms with E-state index in [2.05, 4.69) is 24.5 Å². The van der Waals surface area contributed by atoms with Gasteiger partial charge in [0.05, 0.1) is 0 Å². The maximum absolute atomic E-state index is 11.9. The summed E-state index contributed by atoms with van der Waals surface area (Å²) in [7, 11) is 0. The molecule has 3 nitrogen and oxygen atoms in total. The van der Waals surface area contributed by atoms with Crippen LogP contribution in [0.5, 0.6) is 0 Å². The molecule has 1 unspecified atom stereocenters. The highest BCUT2D eigenvalue weighted by atomic mass is 35.5. The predicted octanol–water partition coefficient (Wildman–Crippen LogP) is 3.61. The molecule has 4 heteroatoms. The fourth-order valence-corrected chi connectivity index (χ4v) is 1.82. The van der Waals surface area contributed by atoms with Crippen molar-refractivity contribution in [3.8, 4) is 0 Å². The second-order valence-electron chi connectivity index (χ2n) is 5.30. The molecule has 0 radical (unpaired) electrons. The van der Waals surface area contributed by atoms with Crippen LogP contribution in [0.1, 0.15) is 32.8 Å². The average molecular weight is 283 g/mol. The lowest BCUT2D eigenvalue weighted by molar-refractivity contribution is -0.121. The van der Waals surface area contributed by atoms with Crippen molar-refractivity contribution in [2.45, 2.75) is 40.2 Å². The van der Waals surface area contributed by atoms with Gasteiger partial charge in [-0.05, 0) is 43.9 Å². The second kappa shape index (κ2) is 7.39. The van der Waals surface area contributed by atoms with Crippen molar-refractivity contribution in [1.29, 1.82) is 0 Å². The molecule has 0 heterocycles. The van der Waals surface area contributed by atoms with Crippen LogP contribution in [0.3, 0.4) is 0 Å². The number of halogens is 1. The van der Waals surface area contributed by atoms with Crippen LogP contribution in [0, 0.1) is 12.8 Å². The van der Waals surface area contributed by atoms with Gasteiger partial charge in [-0.3, -0.25) is 4.79 Å². The molecule has 0 bridgehead atoms. The Kier molecular flexibility index (Phi) is 6.16. The number of hydrogen-bond acceptors (Lipinski definition) is 2. The first-order valence-corrected chi connectivity index (χ1v) is 7.08. The Morgan fingerprint density at radius 3 is 2.58 bits per heavy atom. The minimum absolute atomic E-state index is 0.0114. The Hall–Kier alpha value is -1.22. The molecule has 1 rings (SSSR count). The van der Waals surface area contributed by atoms with Crippen LogP contribution >= 0.6 is 11.6 Å². The Balaban J connectivity index is 2.47. The molecule has 1 amide bonds. The van der Waals surface area contributed by atoms with Gasteiger partial charge in [0.15, 0.2) is 0 Å². The van der Waals surface area contributed by atoms with Crippen LogP contribution in [0.15, 0.2) is 18.2 Å². The number of rotatable bonds is 6. The Labute approximate surface area is 120 Å². The van der Waals surface area contributed by atoms with E-state index in [-0.39, 0.29) is 11.9 Å². The van der Waals surface area contributed by atoms with E-state index < -0.39 is 0 Å². The zero-order valence-electron chi connectivity index (χ0n) is 12.1. The van der Waals surface area contributed by atoms with E-state index in [9.17, 15) is 4.79 Å². The molecular weight excluding hydrogens is 260 g/mol. The Morgan fingerprint density at radius 1 is 1.32 bits per heavy atom. The summed E-state index contributed by atoms with van der Waals surface area (Å²) in [5, 5.41) is 6.78. The summed E-state index contributed by atoms with van der Waals surface area (Å²) in [5.41, 5.74) is 1.89. The number of nitrogens with one attached hydrogen (secondary N) is 2. The molecule has 0 fully saturated rings. The van der Waals surface area contributed by atoms with Crippen molar-refractivity contribution in [2.75, 3.05) is 11.9 Å². The summed E-state index contributed by atoms with van der Waals surface area (Å²) in [6.45, 7) is 8.80. The van der Waals surface area contributed by atoms with Crippen LogP contribution in [0.25, 0.3) is 0 Å². The maximum atomic E-state index is 11.9. The van der Waals surface area contributed by atoms with E-state index in [1.165, 1.54) is 0 Å². The van der Waals surface area contributed by atoms with Crippen molar-refractivity contribution in [1.82, 2.24) is 5.32 Å². The number of amides is 1. The standard InChI is InChI=1S/C15H23ClN2O/c1-10(2)7-8-17-15(19)12(4)18-13-6-5-11(3)14(16)9-13/h5-6,9-10,12,18H,7-8H2,1-4H3,(H,17,19). The molecule has 0 aliphatic carbocycles. The number of benzene rings is 1. The van der Waals surface area contributed by atoms with Gasteiger partial charge in [0.2, 0.25) is 5.91 Å². The molecule has 0 aliphatic rings. The first kappa shape index (κ1) is 15.8. The number of anilines is 1. The van der Waals surface area contributed by atoms with Gasteiger partial charge < -0.3 is 10.6 Å². The lowest BCUT2D eigenvalue weighted by Gasteiger charge is -2.16. The smallest absolute Gasteiger partial charge is 0.242 e. The van der Waals surface area contributed by atoms with E-state index in [1.54, 1.807) is 0 Å². The topological polar surface area (TPSA) is 41.1 Å². The van der Waals surface area contributed by atoms with E-state index in [4.69, 9.17) is 11.6 Å². The monoisotopic (exact) mass is 282 g/mol. The summed E-state index contributed by atoms with van der Waals surface area (Å²) in [4.78, 5) is 11.9. The first-order valence-electron chi connectivity index (χ1n) is 6.70. The maximum Gasteiger partial charge on any atom is 0.242 e. The molecule has 0 spiro atoms. The highest BCUT2D eigenvalue weighted by Crippen LogP contribution is 2.20. The largest absolute Gasteiger partial charge is 0.374 e. The fourth-order valence-electron chi connectivity index (χ4n) is 1.64. The molecule has 0 aromatic heterocycles. The minimum atomic E-state index is -0.272. The third kappa shape index (κ3) is 5.52. The lowest BCUT2D eigenvalue weighted by Crippen LogP contribution is -2.38. The van der Waals surface area contributed by atoms with Gasteiger partial charge in [-0.2, -0.15) is 0 Å². The van der Waals surface area contributed by atoms with Gasteiger partial charge >= 0.3 is 0 Å². The highest BCUT2D eigenvalue weighted by molar-refractivity contribution is 6.31. The summed E-state index contributed by atoms with van der Waals surface area (Å²) < 4.78 is 0. The summed E-state index contributed by atoms with van der Waals surface area (Å²) in [6, 6.07) is 5.44. The Bertz CT molecular complexity index is 432. The lowest BCUT2D eigenvalue weighted by atomic mass is 10.1. The first-order chi connectivity index (χ1) is 8.90. The molecule has 0 saturated heterocycles. The van der Waals surface area contributed by atoms with Crippen molar-refractivity contribution in [3.63, 3.8) is 0 Å². The fraction of sp³-hybridized carbons (Fsp3) is 0.533. The summed E-state index contributed by atoms with van der Waals surface area (Å²) in [5.74, 6) is 0.608. The quantitative estimate of drug-likeness (QED) is 0.837. The summed E-state index contributed by atoms with van der Waals surface area (Å²) in [6.07, 6.45) is 0.995. The van der Waals surface area contributed by atoms with Crippen LogP contribution in [0.4, 0.5) is 5.69 Å². The van der Waals surface area contributed by atoms with Gasteiger partial charge in [-0.15, -0.1) is 0 Å². The van der Waals surface area contributed by atoms with Crippen molar-refractivity contribution >= 4 is 23.2 Å². The molecule has 1 aromatic carbocycles. The molecule has 2 N–H and O–H groups in total. The van der Waals surface area contributed by atoms with E-state index in [1.807, 2.05) is 32.0 Å². The average Bonchev–Trinajstić information content (AvgIpc) is 2.33. The van der Waals surface area contributed by atoms with Crippen molar-refractivity contribution < 1.29 is 4.79 Å². The normalized spacial score (nSPS) is 12.3. The molecule has 19 heavy (non-hydrogen) atoms. The molecule has 0 aliphatic heterocycles. The van der Waals surface area contributed by atoms with E-state index in [0.717, 1.165) is 24.2 Å². The van der Waals surface area contributed by atoms with E-state index >= 15 is 0 Å². The third-order valence-corrected chi connectivity index (χ3v) is 3.38. The van der Waals surface area contributed by atoms with Crippen molar-refractivity contribution in [2.24, 2.45) is 5.92 Å². The number of carbonyl (C=O) groups excluding carboxylic acids is 1. The minimum Gasteiger partial charge on any atom is -0.374 e. The molecule has 106 valence electrons. The second-order valence-corrected chi connectivity index (χ2v) is 5.71. The molecule has 1 atom stereocenters. The SMILES string of the molecule is Cc1ccc(NC(C)C(=O)NCCC(C)C)cc1Cl. The van der Waals surface area contributed by atoms with Gasteiger partial charge in [0, 0.05) is 17.3 Å². The molecule has 0 saturated carbocycles. The Morgan fingerprint density at radius 2 is 2.00 bits per heavy atom. The zero-order valence-corrected chi connectivity index (χ0v) is 12.8. The van der Waals surface area contributed by atoms with Crippen molar-refractivity contribution in [3.05, 3.63) is 28.8 Å². The number of hydrogen-bond donors (Lipinski definition) is 2. The third-order valence-electron chi connectivity index (χ3n) is 2.97. The van der Waals surface area contributed by atoms with Crippen LogP contribution in [-0.4, -0.2) is 18.5 Å². The number of carbonyl (C=O) groups is 1. The van der Waals surface area contributed by atoms with Gasteiger partial charge in [-0.1, -0.05) is 31.5 Å². The van der Waals surface area contributed by atoms with Crippen LogP contribution in [0.2, 0.25) is 5.02 Å². The zero-order chi connectivity index (χ0) is 14.4. The van der Waals surface area contributed by atoms with Crippen LogP contribution < -0.4 is 10.6 Å². The molecular formula is C15H23ClN2O. The van der Waals surface area contributed by atoms with E-state index in [0.29, 0.717) is 10.9 Å². The summed E-state index contributed by atoms with van der Waals surface area (Å²) >= 11 is 6.05. The van der Waals surface area contributed by atoms with Gasteiger partial charge in [-0.25, -0.2) is 0 Å². The predicted molar refractivity (Wildman–Crippen MR) is 81.7 cm³/mol. The van der Waals surface area contributed by atoms with Gasteiger partial charge in [0.25, 0.3) is 0 Å². The molecule has 1 aromatic rings. The highest BCUT2D eigenvalue weighted by Gasteiger charge is 2.12. The van der Waals surface area contributed by atoms with Crippen LogP contribution in [-0.2, 0) is 4.79 Å².